The molecule has 0 rings (SSSR count). The fraction of sp³-hybridized carbons (Fsp3) is 0.951. The van der Waals surface area contributed by atoms with Crippen molar-refractivity contribution >= 4 is 39.5 Å². The fourth-order valence-corrected chi connectivity index (χ4v) is 14.2. The quantitative estimate of drug-likeness (QED) is 0.0222. The Labute approximate surface area is 613 Å². The molecule has 0 radical (unpaired) electrons. The lowest BCUT2D eigenvalue weighted by atomic mass is 10.0. The molecule has 594 valence electrons. The van der Waals surface area contributed by atoms with Crippen molar-refractivity contribution in [1.82, 2.24) is 0 Å². The van der Waals surface area contributed by atoms with E-state index in [0.717, 1.165) is 89.9 Å². The first-order valence-electron chi connectivity index (χ1n) is 42.3. The van der Waals surface area contributed by atoms with Gasteiger partial charge >= 0.3 is 39.5 Å². The number of esters is 4. The van der Waals surface area contributed by atoms with Crippen LogP contribution in [0.2, 0.25) is 0 Å². The number of carbonyl (C=O) groups excluding carboxylic acids is 4. The van der Waals surface area contributed by atoms with Gasteiger partial charge in [0.05, 0.1) is 26.4 Å². The maximum Gasteiger partial charge on any atom is 0.472 e. The predicted molar refractivity (Wildman–Crippen MR) is 409 cm³/mol. The highest BCUT2D eigenvalue weighted by Crippen LogP contribution is 2.45. The van der Waals surface area contributed by atoms with Crippen molar-refractivity contribution in [2.24, 2.45) is 0 Å². The van der Waals surface area contributed by atoms with E-state index in [4.69, 9.17) is 37.0 Å². The second kappa shape index (κ2) is 75.3. The summed E-state index contributed by atoms with van der Waals surface area (Å²) < 4.78 is 68.6. The van der Waals surface area contributed by atoms with Crippen LogP contribution in [-0.2, 0) is 65.4 Å². The highest BCUT2D eigenvalue weighted by atomic mass is 31.2. The Balaban J connectivity index is 5.18. The van der Waals surface area contributed by atoms with Gasteiger partial charge in [-0.05, 0) is 25.7 Å². The number of phosphoric acid groups is 2. The zero-order chi connectivity index (χ0) is 73.2. The molecule has 0 bridgehead atoms. The van der Waals surface area contributed by atoms with E-state index in [1.165, 1.54) is 270 Å². The van der Waals surface area contributed by atoms with Crippen molar-refractivity contribution in [3.05, 3.63) is 0 Å². The smallest absolute Gasteiger partial charge is 0.462 e. The zero-order valence-electron chi connectivity index (χ0n) is 65.2. The van der Waals surface area contributed by atoms with Gasteiger partial charge in [0.1, 0.15) is 19.3 Å². The van der Waals surface area contributed by atoms with Crippen LogP contribution in [0.3, 0.4) is 0 Å². The Kier molecular flexibility index (Phi) is 73.8. The van der Waals surface area contributed by atoms with Gasteiger partial charge in [-0.25, -0.2) is 9.13 Å². The molecule has 2 unspecified atom stereocenters. The maximum absolute atomic E-state index is 13.1. The lowest BCUT2D eigenvalue weighted by Gasteiger charge is -2.21. The van der Waals surface area contributed by atoms with E-state index in [-0.39, 0.29) is 25.7 Å². The van der Waals surface area contributed by atoms with Gasteiger partial charge in [-0.3, -0.25) is 37.3 Å². The lowest BCUT2D eigenvalue weighted by Crippen LogP contribution is -2.30. The summed E-state index contributed by atoms with van der Waals surface area (Å²) >= 11 is 0. The maximum atomic E-state index is 13.1. The number of hydrogen-bond donors (Lipinski definition) is 3. The summed E-state index contributed by atoms with van der Waals surface area (Å²) in [7, 11) is -9.91. The number of aliphatic hydroxyl groups is 1. The summed E-state index contributed by atoms with van der Waals surface area (Å²) in [5.41, 5.74) is 0. The summed E-state index contributed by atoms with van der Waals surface area (Å²) in [6.07, 6.45) is 68.1. The lowest BCUT2D eigenvalue weighted by molar-refractivity contribution is -0.161. The van der Waals surface area contributed by atoms with Gasteiger partial charge in [-0.2, -0.15) is 0 Å². The molecule has 0 saturated carbocycles. The van der Waals surface area contributed by atoms with Gasteiger partial charge in [-0.1, -0.05) is 387 Å². The van der Waals surface area contributed by atoms with Crippen LogP contribution in [0.1, 0.15) is 439 Å². The Morgan fingerprint density at radius 3 is 0.590 bits per heavy atom. The highest BCUT2D eigenvalue weighted by Gasteiger charge is 2.30. The van der Waals surface area contributed by atoms with Gasteiger partial charge in [0.2, 0.25) is 0 Å². The molecule has 0 heterocycles. The first-order valence-corrected chi connectivity index (χ1v) is 45.3. The molecule has 100 heavy (non-hydrogen) atoms. The van der Waals surface area contributed by atoms with E-state index >= 15 is 0 Å². The van der Waals surface area contributed by atoms with Crippen LogP contribution < -0.4 is 0 Å². The minimum atomic E-state index is -4.96. The molecule has 0 amide bonds. The highest BCUT2D eigenvalue weighted by molar-refractivity contribution is 7.47. The van der Waals surface area contributed by atoms with Crippen molar-refractivity contribution in [2.45, 2.75) is 457 Å². The largest absolute Gasteiger partial charge is 0.472 e. The summed E-state index contributed by atoms with van der Waals surface area (Å²) in [6, 6.07) is 0. The van der Waals surface area contributed by atoms with E-state index in [1.54, 1.807) is 0 Å². The Morgan fingerprint density at radius 2 is 0.400 bits per heavy atom. The second-order valence-corrected chi connectivity index (χ2v) is 32.1. The number of phosphoric ester groups is 2. The number of aliphatic hydroxyl groups excluding tert-OH is 1. The van der Waals surface area contributed by atoms with Crippen LogP contribution in [0.4, 0.5) is 0 Å². The molecule has 0 aromatic carbocycles. The second-order valence-electron chi connectivity index (χ2n) is 29.2. The van der Waals surface area contributed by atoms with E-state index in [9.17, 15) is 43.2 Å². The molecule has 0 spiro atoms. The molecule has 0 aromatic heterocycles. The predicted octanol–water partition coefficient (Wildman–Crippen LogP) is 24.6. The average Bonchev–Trinajstić information content (AvgIpc) is 0.942. The van der Waals surface area contributed by atoms with E-state index in [2.05, 4.69) is 27.7 Å². The van der Waals surface area contributed by atoms with Crippen molar-refractivity contribution in [3.63, 3.8) is 0 Å². The minimum absolute atomic E-state index is 0.108. The van der Waals surface area contributed by atoms with Crippen molar-refractivity contribution in [1.29, 1.82) is 0 Å². The summed E-state index contributed by atoms with van der Waals surface area (Å²) in [6.45, 7) is 5.01. The number of ether oxygens (including phenoxy) is 4. The number of hydrogen-bond acceptors (Lipinski definition) is 15. The van der Waals surface area contributed by atoms with Gasteiger partial charge in [-0.15, -0.1) is 0 Å². The first kappa shape index (κ1) is 98.1. The monoisotopic (exact) mass is 1470 g/mol. The minimum Gasteiger partial charge on any atom is -0.462 e. The Bertz CT molecular complexity index is 1890. The third-order valence-electron chi connectivity index (χ3n) is 19.1. The van der Waals surface area contributed by atoms with Gasteiger partial charge in [0, 0.05) is 25.7 Å². The summed E-state index contributed by atoms with van der Waals surface area (Å²) in [5, 5.41) is 10.6. The molecule has 0 saturated heterocycles. The Hall–Kier alpha value is -1.94. The molecule has 5 atom stereocenters. The van der Waals surface area contributed by atoms with Crippen molar-refractivity contribution < 1.29 is 80.2 Å². The third-order valence-corrected chi connectivity index (χ3v) is 21.0. The van der Waals surface area contributed by atoms with Gasteiger partial charge < -0.3 is 33.8 Å². The molecular formula is C81H158O17P2. The fourth-order valence-electron chi connectivity index (χ4n) is 12.6. The number of rotatable bonds is 82. The Morgan fingerprint density at radius 1 is 0.240 bits per heavy atom. The first-order chi connectivity index (χ1) is 48.7. The van der Waals surface area contributed by atoms with Crippen LogP contribution in [0.15, 0.2) is 0 Å². The number of unbranched alkanes of at least 4 members (excludes halogenated alkanes) is 56. The third kappa shape index (κ3) is 74.3. The van der Waals surface area contributed by atoms with E-state index < -0.39 is 97.5 Å². The normalized spacial score (nSPS) is 13.8. The molecular weight excluding hydrogens is 1310 g/mol. The summed E-state index contributed by atoms with van der Waals surface area (Å²) in [5.74, 6) is -2.11. The van der Waals surface area contributed by atoms with E-state index in [1.807, 2.05) is 0 Å². The van der Waals surface area contributed by atoms with Crippen LogP contribution in [0.5, 0.6) is 0 Å². The molecule has 3 N–H and O–H groups in total. The van der Waals surface area contributed by atoms with Gasteiger partial charge in [0.25, 0.3) is 0 Å². The van der Waals surface area contributed by atoms with Crippen LogP contribution in [-0.4, -0.2) is 96.7 Å². The molecule has 19 heteroatoms. The van der Waals surface area contributed by atoms with Crippen molar-refractivity contribution in [2.75, 3.05) is 39.6 Å². The molecule has 0 aromatic rings. The van der Waals surface area contributed by atoms with Crippen molar-refractivity contribution in [3.8, 4) is 0 Å². The van der Waals surface area contributed by atoms with E-state index in [0.29, 0.717) is 25.7 Å². The van der Waals surface area contributed by atoms with Crippen LogP contribution in [0.25, 0.3) is 0 Å². The molecule has 0 aliphatic carbocycles. The average molecular weight is 1470 g/mol. The topological polar surface area (TPSA) is 237 Å². The molecule has 0 fully saturated rings. The van der Waals surface area contributed by atoms with Crippen LogP contribution in [0, 0.1) is 0 Å². The molecule has 17 nitrogen and oxygen atoms in total. The SMILES string of the molecule is CCCCCCCCCCCCCCCCCCCCCCCCC(=O)O[C@H](COC(=O)CCCCCCCCCCCCCCCCCCC)COP(=O)(O)OC[C@@H](O)COP(=O)(O)OC[C@@H](COC(=O)CCCCCCCCCCCC)OC(=O)CCCCCCCCCCCCC. The molecule has 0 aliphatic rings. The molecule has 0 aliphatic heterocycles. The van der Waals surface area contributed by atoms with Crippen LogP contribution >= 0.6 is 15.6 Å². The number of carbonyl (C=O) groups is 4. The summed E-state index contributed by atoms with van der Waals surface area (Å²) in [4.78, 5) is 72.9. The van der Waals surface area contributed by atoms with Gasteiger partial charge in [0.15, 0.2) is 12.2 Å². The standard InChI is InChI=1S/C81H158O17P2/c1-5-9-13-17-21-25-29-31-33-35-36-37-38-39-41-43-45-48-52-56-60-64-68-81(86)98-77(72-92-79(84)66-62-58-54-50-47-44-42-40-34-32-30-26-22-18-14-10-6-2)74-96-100(89,90)94-70-75(82)69-93-99(87,88)95-73-76(71-91-78(83)65-61-57-53-49-28-24-20-16-12-8-4)97-80(85)67-63-59-55-51-46-27-23-19-15-11-7-3/h75-77,82H,5-74H2,1-4H3,(H,87,88)(H,89,90)/t75-,76+,77+/m0/s1. The zero-order valence-corrected chi connectivity index (χ0v) is 67.0.